The highest BCUT2D eigenvalue weighted by Crippen LogP contribution is 2.13. The summed E-state index contributed by atoms with van der Waals surface area (Å²) in [6.45, 7) is 4.31. The van der Waals surface area contributed by atoms with E-state index in [1.807, 2.05) is 24.3 Å². The van der Waals surface area contributed by atoms with Crippen molar-refractivity contribution in [3.8, 4) is 0 Å². The summed E-state index contributed by atoms with van der Waals surface area (Å²) in [7, 11) is 0. The van der Waals surface area contributed by atoms with Gasteiger partial charge in [-0.15, -0.1) is 0 Å². The number of ether oxygens (including phenoxy) is 1. The molecule has 2 heterocycles. The molecule has 0 spiro atoms. The van der Waals surface area contributed by atoms with Gasteiger partial charge in [-0.2, -0.15) is 5.10 Å². The number of aromatic amines is 1. The number of rotatable bonds is 4. The third-order valence-corrected chi connectivity index (χ3v) is 3.63. The summed E-state index contributed by atoms with van der Waals surface area (Å²) in [5, 5.41) is 8.69. The van der Waals surface area contributed by atoms with Crippen molar-refractivity contribution < 1.29 is 9.53 Å². The van der Waals surface area contributed by atoms with Crippen molar-refractivity contribution in [3.63, 3.8) is 0 Å². The molecule has 1 aromatic heterocycles. The number of morpholine rings is 1. The predicted octanol–water partition coefficient (Wildman–Crippen LogP) is 0.854. The highest BCUT2D eigenvalue weighted by Gasteiger charge is 2.11. The van der Waals surface area contributed by atoms with E-state index in [0.29, 0.717) is 5.69 Å². The molecular formula is C16H18N4O3. The average molecular weight is 314 g/mol. The number of carbonyl (C=O) groups excluding carboxylic acids is 1. The zero-order valence-corrected chi connectivity index (χ0v) is 12.6. The van der Waals surface area contributed by atoms with Gasteiger partial charge in [0, 0.05) is 31.4 Å². The monoisotopic (exact) mass is 314 g/mol. The number of benzene rings is 1. The zero-order chi connectivity index (χ0) is 16.1. The summed E-state index contributed by atoms with van der Waals surface area (Å²) in [5.74, 6) is -0.359. The van der Waals surface area contributed by atoms with Crippen LogP contribution >= 0.6 is 0 Å². The summed E-state index contributed by atoms with van der Waals surface area (Å²) in [6.07, 6.45) is 0. The first kappa shape index (κ1) is 15.4. The first-order chi connectivity index (χ1) is 11.2. The minimum absolute atomic E-state index is 0.169. The minimum atomic E-state index is -0.359. The molecule has 1 saturated heterocycles. The van der Waals surface area contributed by atoms with E-state index < -0.39 is 0 Å². The fourth-order valence-corrected chi connectivity index (χ4v) is 2.38. The second kappa shape index (κ2) is 7.17. The number of H-pyrrole nitrogens is 1. The van der Waals surface area contributed by atoms with E-state index in [9.17, 15) is 9.59 Å². The van der Waals surface area contributed by atoms with Crippen LogP contribution in [0, 0.1) is 0 Å². The molecule has 0 aliphatic carbocycles. The van der Waals surface area contributed by atoms with E-state index in [4.69, 9.17) is 4.74 Å². The first-order valence-corrected chi connectivity index (χ1v) is 7.47. The van der Waals surface area contributed by atoms with Crippen LogP contribution in [0.25, 0.3) is 0 Å². The molecule has 2 aromatic rings. The van der Waals surface area contributed by atoms with E-state index in [1.165, 1.54) is 17.7 Å². The summed E-state index contributed by atoms with van der Waals surface area (Å²) in [6, 6.07) is 10.4. The van der Waals surface area contributed by atoms with E-state index in [2.05, 4.69) is 20.4 Å². The van der Waals surface area contributed by atoms with Crippen molar-refractivity contribution in [1.29, 1.82) is 0 Å². The van der Waals surface area contributed by atoms with Crippen molar-refractivity contribution in [2.24, 2.45) is 0 Å². The Morgan fingerprint density at radius 1 is 1.17 bits per heavy atom. The summed E-state index contributed by atoms with van der Waals surface area (Å²) >= 11 is 0. The largest absolute Gasteiger partial charge is 0.379 e. The molecule has 0 unspecified atom stereocenters. The van der Waals surface area contributed by atoms with Gasteiger partial charge in [0.1, 0.15) is 5.69 Å². The molecule has 0 bridgehead atoms. The van der Waals surface area contributed by atoms with E-state index in [1.54, 1.807) is 0 Å². The number of hydrogen-bond acceptors (Lipinski definition) is 5. The number of carbonyl (C=O) groups is 1. The van der Waals surface area contributed by atoms with Gasteiger partial charge in [-0.1, -0.05) is 12.1 Å². The van der Waals surface area contributed by atoms with E-state index in [-0.39, 0.29) is 17.2 Å². The molecule has 0 radical (unpaired) electrons. The number of hydrogen-bond donors (Lipinski definition) is 2. The molecule has 1 aliphatic heterocycles. The molecule has 1 aromatic carbocycles. The van der Waals surface area contributed by atoms with Crippen LogP contribution in [0.1, 0.15) is 16.1 Å². The maximum Gasteiger partial charge on any atom is 0.276 e. The fraction of sp³-hybridized carbons (Fsp3) is 0.312. The van der Waals surface area contributed by atoms with Crippen molar-refractivity contribution >= 4 is 11.6 Å². The Labute approximate surface area is 133 Å². The quantitative estimate of drug-likeness (QED) is 0.874. The van der Waals surface area contributed by atoms with Crippen LogP contribution in [-0.4, -0.2) is 47.3 Å². The van der Waals surface area contributed by atoms with E-state index in [0.717, 1.165) is 32.8 Å². The van der Waals surface area contributed by atoms with Crippen LogP contribution in [-0.2, 0) is 11.3 Å². The number of amides is 1. The number of aromatic nitrogens is 2. The molecule has 3 rings (SSSR count). The molecule has 2 N–H and O–H groups in total. The van der Waals surface area contributed by atoms with Crippen LogP contribution in [0.4, 0.5) is 5.69 Å². The normalized spacial score (nSPS) is 15.3. The summed E-state index contributed by atoms with van der Waals surface area (Å²) in [5.41, 5.74) is 1.71. The fourth-order valence-electron chi connectivity index (χ4n) is 2.38. The molecule has 7 nitrogen and oxygen atoms in total. The first-order valence-electron chi connectivity index (χ1n) is 7.47. The van der Waals surface area contributed by atoms with Crippen LogP contribution in [0.15, 0.2) is 41.2 Å². The number of nitrogens with zero attached hydrogens (tertiary/aromatic N) is 2. The Morgan fingerprint density at radius 3 is 2.57 bits per heavy atom. The van der Waals surface area contributed by atoms with Gasteiger partial charge in [0.05, 0.1) is 13.2 Å². The Balaban J connectivity index is 1.59. The van der Waals surface area contributed by atoms with Crippen molar-refractivity contribution in [2.75, 3.05) is 31.6 Å². The van der Waals surface area contributed by atoms with Crippen LogP contribution in [0.2, 0.25) is 0 Å². The Morgan fingerprint density at radius 2 is 1.91 bits per heavy atom. The van der Waals surface area contributed by atoms with Crippen LogP contribution < -0.4 is 10.9 Å². The number of nitrogens with one attached hydrogen (secondary N) is 2. The third-order valence-electron chi connectivity index (χ3n) is 3.63. The lowest BCUT2D eigenvalue weighted by Crippen LogP contribution is -2.35. The molecule has 23 heavy (non-hydrogen) atoms. The Kier molecular flexibility index (Phi) is 4.80. The molecule has 0 atom stereocenters. The lowest BCUT2D eigenvalue weighted by atomic mass is 10.2. The molecule has 0 saturated carbocycles. The Hall–Kier alpha value is -2.51. The lowest BCUT2D eigenvalue weighted by molar-refractivity contribution is 0.0342. The van der Waals surface area contributed by atoms with Gasteiger partial charge in [0.15, 0.2) is 0 Å². The second-order valence-corrected chi connectivity index (χ2v) is 5.35. The minimum Gasteiger partial charge on any atom is -0.379 e. The van der Waals surface area contributed by atoms with Crippen molar-refractivity contribution in [3.05, 3.63) is 58.0 Å². The second-order valence-electron chi connectivity index (χ2n) is 5.35. The van der Waals surface area contributed by atoms with E-state index >= 15 is 0 Å². The van der Waals surface area contributed by atoms with Gasteiger partial charge in [0.25, 0.3) is 11.5 Å². The average Bonchev–Trinajstić information content (AvgIpc) is 2.58. The SMILES string of the molecule is O=C(Nc1ccc(CN2CCOCC2)cc1)c1ccc(=O)[nH]n1. The molecule has 1 fully saturated rings. The van der Waals surface area contributed by atoms with Crippen molar-refractivity contribution in [1.82, 2.24) is 15.1 Å². The standard InChI is InChI=1S/C16H18N4O3/c21-15-6-5-14(18-19-15)16(22)17-13-3-1-12(2-4-13)11-20-7-9-23-10-8-20/h1-6H,7-11H2,(H,17,22)(H,19,21). The lowest BCUT2D eigenvalue weighted by Gasteiger charge is -2.26. The van der Waals surface area contributed by atoms with Crippen LogP contribution in [0.5, 0.6) is 0 Å². The van der Waals surface area contributed by atoms with Gasteiger partial charge < -0.3 is 10.1 Å². The summed E-state index contributed by atoms with van der Waals surface area (Å²) < 4.78 is 5.33. The summed E-state index contributed by atoms with van der Waals surface area (Å²) in [4.78, 5) is 25.3. The molecule has 7 heteroatoms. The maximum atomic E-state index is 12.0. The van der Waals surface area contributed by atoms with Gasteiger partial charge in [-0.3, -0.25) is 14.5 Å². The highest BCUT2D eigenvalue weighted by atomic mass is 16.5. The predicted molar refractivity (Wildman–Crippen MR) is 85.3 cm³/mol. The third kappa shape index (κ3) is 4.24. The zero-order valence-electron chi connectivity index (χ0n) is 12.6. The maximum absolute atomic E-state index is 12.0. The van der Waals surface area contributed by atoms with Crippen LogP contribution in [0.3, 0.4) is 0 Å². The molecule has 1 aliphatic rings. The van der Waals surface area contributed by atoms with Gasteiger partial charge >= 0.3 is 0 Å². The van der Waals surface area contributed by atoms with Crippen molar-refractivity contribution in [2.45, 2.75) is 6.54 Å². The molecular weight excluding hydrogens is 296 g/mol. The highest BCUT2D eigenvalue weighted by molar-refractivity contribution is 6.02. The van der Waals surface area contributed by atoms with Gasteiger partial charge in [-0.25, -0.2) is 5.10 Å². The topological polar surface area (TPSA) is 87.3 Å². The smallest absolute Gasteiger partial charge is 0.276 e. The van der Waals surface area contributed by atoms with Gasteiger partial charge in [-0.05, 0) is 23.8 Å². The molecule has 120 valence electrons. The Bertz CT molecular complexity index is 700. The van der Waals surface area contributed by atoms with Gasteiger partial charge in [0.2, 0.25) is 0 Å². The number of anilines is 1. The molecule has 1 amide bonds.